The molecule has 0 fully saturated rings. The van der Waals surface area contributed by atoms with Crippen molar-refractivity contribution in [2.75, 3.05) is 13.6 Å². The van der Waals surface area contributed by atoms with E-state index in [1.807, 2.05) is 60.5 Å². The van der Waals surface area contributed by atoms with Gasteiger partial charge in [-0.3, -0.25) is 9.69 Å². The van der Waals surface area contributed by atoms with E-state index in [1.54, 1.807) is 0 Å². The quantitative estimate of drug-likeness (QED) is 0.696. The van der Waals surface area contributed by atoms with Crippen LogP contribution < -0.4 is 0 Å². The molecule has 21 heavy (non-hydrogen) atoms. The molecule has 0 heterocycles. The van der Waals surface area contributed by atoms with E-state index < -0.39 is 0 Å². The number of nitrogens with zero attached hydrogens (tertiary/aromatic N) is 1. The fraction of sp³-hybridized carbons (Fsp3) is 0.235. The summed E-state index contributed by atoms with van der Waals surface area (Å²) in [4.78, 5) is 14.3. The highest BCUT2D eigenvalue weighted by Gasteiger charge is 2.17. The van der Waals surface area contributed by atoms with Crippen LogP contribution in [-0.2, 0) is 0 Å². The van der Waals surface area contributed by atoms with Crippen LogP contribution in [0.3, 0.4) is 0 Å². The first-order valence-corrected chi connectivity index (χ1v) is 7.89. The van der Waals surface area contributed by atoms with Crippen LogP contribution >= 0.6 is 27.5 Å². The Hall–Kier alpha value is -1.16. The lowest BCUT2D eigenvalue weighted by atomic mass is 10.1. The van der Waals surface area contributed by atoms with E-state index in [-0.39, 0.29) is 11.8 Å². The second-order valence-electron chi connectivity index (χ2n) is 5.04. The molecule has 110 valence electrons. The number of hydrogen-bond acceptors (Lipinski definition) is 2. The van der Waals surface area contributed by atoms with Crippen molar-refractivity contribution in [3.8, 4) is 0 Å². The van der Waals surface area contributed by atoms with E-state index in [0.717, 1.165) is 20.6 Å². The van der Waals surface area contributed by atoms with E-state index in [1.165, 1.54) is 0 Å². The van der Waals surface area contributed by atoms with Crippen molar-refractivity contribution in [2.24, 2.45) is 0 Å². The maximum atomic E-state index is 12.3. The van der Waals surface area contributed by atoms with Crippen molar-refractivity contribution in [2.45, 2.75) is 13.0 Å². The number of carbonyl (C=O) groups excluding carboxylic acids is 1. The summed E-state index contributed by atoms with van der Waals surface area (Å²) in [5.41, 5.74) is 1.75. The van der Waals surface area contributed by atoms with E-state index >= 15 is 0 Å². The summed E-state index contributed by atoms with van der Waals surface area (Å²) in [5.74, 6) is 0.101. The minimum atomic E-state index is 0.0816. The van der Waals surface area contributed by atoms with Gasteiger partial charge in [0.05, 0.1) is 6.54 Å². The van der Waals surface area contributed by atoms with Crippen LogP contribution in [-0.4, -0.2) is 24.3 Å². The summed E-state index contributed by atoms with van der Waals surface area (Å²) in [6.45, 7) is 2.41. The third kappa shape index (κ3) is 4.16. The Kier molecular flexibility index (Phi) is 5.57. The highest BCUT2D eigenvalue weighted by Crippen LogP contribution is 2.26. The molecular weight excluding hydrogens is 350 g/mol. The van der Waals surface area contributed by atoms with Crippen molar-refractivity contribution in [1.29, 1.82) is 0 Å². The van der Waals surface area contributed by atoms with Gasteiger partial charge in [-0.15, -0.1) is 0 Å². The molecule has 2 rings (SSSR count). The first-order valence-electron chi connectivity index (χ1n) is 6.72. The van der Waals surface area contributed by atoms with Crippen LogP contribution in [0.5, 0.6) is 0 Å². The molecule has 4 heteroatoms. The molecule has 0 bridgehead atoms. The van der Waals surface area contributed by atoms with Gasteiger partial charge >= 0.3 is 0 Å². The monoisotopic (exact) mass is 365 g/mol. The number of Topliss-reactive ketones (excluding diaryl/α,β-unsaturated/α-hetero) is 1. The third-order valence-corrected chi connectivity index (χ3v) is 4.45. The molecule has 1 atom stereocenters. The van der Waals surface area contributed by atoms with Crippen LogP contribution in [0.2, 0.25) is 5.02 Å². The van der Waals surface area contributed by atoms with Crippen LogP contribution in [0.1, 0.15) is 28.9 Å². The van der Waals surface area contributed by atoms with Crippen molar-refractivity contribution in [3.05, 3.63) is 69.2 Å². The van der Waals surface area contributed by atoms with Crippen molar-refractivity contribution in [1.82, 2.24) is 4.90 Å². The van der Waals surface area contributed by atoms with Crippen molar-refractivity contribution < 1.29 is 4.79 Å². The number of halogens is 2. The Labute approximate surface area is 138 Å². The summed E-state index contributed by atoms with van der Waals surface area (Å²) in [6, 6.07) is 15.2. The van der Waals surface area contributed by atoms with Gasteiger partial charge < -0.3 is 0 Å². The first-order chi connectivity index (χ1) is 9.99. The maximum absolute atomic E-state index is 12.3. The Morgan fingerprint density at radius 1 is 1.19 bits per heavy atom. The number of benzene rings is 2. The zero-order valence-electron chi connectivity index (χ0n) is 12.0. The summed E-state index contributed by atoms with van der Waals surface area (Å²) in [5, 5.41) is 0.730. The summed E-state index contributed by atoms with van der Waals surface area (Å²) < 4.78 is 0.969. The van der Waals surface area contributed by atoms with Gasteiger partial charge in [-0.2, -0.15) is 0 Å². The summed E-state index contributed by atoms with van der Waals surface area (Å²) in [6.07, 6.45) is 0. The summed E-state index contributed by atoms with van der Waals surface area (Å²) >= 11 is 9.59. The predicted octanol–water partition coefficient (Wildman–Crippen LogP) is 4.98. The Morgan fingerprint density at radius 2 is 1.81 bits per heavy atom. The zero-order chi connectivity index (χ0) is 15.4. The molecular formula is C17H17BrClNO. The Morgan fingerprint density at radius 3 is 2.43 bits per heavy atom. The number of rotatable bonds is 5. The van der Waals surface area contributed by atoms with Gasteiger partial charge in [0.2, 0.25) is 0 Å². The van der Waals surface area contributed by atoms with E-state index in [0.29, 0.717) is 6.54 Å². The fourth-order valence-corrected chi connectivity index (χ4v) is 2.70. The molecule has 1 unspecified atom stereocenters. The molecule has 0 aliphatic rings. The van der Waals surface area contributed by atoms with Gasteiger partial charge in [-0.1, -0.05) is 57.9 Å². The number of carbonyl (C=O) groups is 1. The number of hydrogen-bond donors (Lipinski definition) is 0. The van der Waals surface area contributed by atoms with Crippen molar-refractivity contribution in [3.63, 3.8) is 0 Å². The average molecular weight is 367 g/mol. The number of ketones is 1. The molecule has 0 N–H and O–H groups in total. The first kappa shape index (κ1) is 16.2. The SMILES string of the molecule is CC(c1ccccc1Cl)N(C)CC(=O)c1ccc(Br)cc1. The highest BCUT2D eigenvalue weighted by molar-refractivity contribution is 9.10. The Bertz CT molecular complexity index is 627. The summed E-state index contributed by atoms with van der Waals surface area (Å²) in [7, 11) is 1.94. The molecule has 0 aliphatic heterocycles. The van der Waals surface area contributed by atoms with Crippen LogP contribution in [0.15, 0.2) is 53.0 Å². The van der Waals surface area contributed by atoms with Gasteiger partial charge in [0.25, 0.3) is 0 Å². The molecule has 0 aliphatic carbocycles. The lowest BCUT2D eigenvalue weighted by Crippen LogP contribution is -2.29. The third-order valence-electron chi connectivity index (χ3n) is 3.58. The molecule has 0 aromatic heterocycles. The second kappa shape index (κ2) is 7.21. The molecule has 2 aromatic rings. The van der Waals surface area contributed by atoms with Crippen LogP contribution in [0.25, 0.3) is 0 Å². The number of likely N-dealkylation sites (N-methyl/N-ethyl adjacent to an activating group) is 1. The van der Waals surface area contributed by atoms with Crippen LogP contribution in [0, 0.1) is 0 Å². The molecule has 2 aromatic carbocycles. The highest BCUT2D eigenvalue weighted by atomic mass is 79.9. The van der Waals surface area contributed by atoms with E-state index in [4.69, 9.17) is 11.6 Å². The maximum Gasteiger partial charge on any atom is 0.176 e. The zero-order valence-corrected chi connectivity index (χ0v) is 14.4. The molecule has 2 nitrogen and oxygen atoms in total. The molecule has 0 saturated heterocycles. The lowest BCUT2D eigenvalue weighted by Gasteiger charge is -2.25. The molecule has 0 amide bonds. The Balaban J connectivity index is 2.07. The van der Waals surface area contributed by atoms with Gasteiger partial charge in [-0.05, 0) is 37.7 Å². The largest absolute Gasteiger partial charge is 0.293 e. The molecule has 0 radical (unpaired) electrons. The lowest BCUT2D eigenvalue weighted by molar-refractivity contribution is 0.0925. The smallest absolute Gasteiger partial charge is 0.176 e. The minimum absolute atomic E-state index is 0.0816. The second-order valence-corrected chi connectivity index (χ2v) is 6.37. The van der Waals surface area contributed by atoms with Gasteiger partial charge in [-0.25, -0.2) is 0 Å². The predicted molar refractivity (Wildman–Crippen MR) is 91.0 cm³/mol. The van der Waals surface area contributed by atoms with Gasteiger partial charge in [0.15, 0.2) is 5.78 Å². The van der Waals surface area contributed by atoms with Gasteiger partial charge in [0, 0.05) is 21.1 Å². The molecule has 0 spiro atoms. The molecule has 0 saturated carbocycles. The minimum Gasteiger partial charge on any atom is -0.293 e. The van der Waals surface area contributed by atoms with Crippen molar-refractivity contribution >= 4 is 33.3 Å². The fourth-order valence-electron chi connectivity index (χ4n) is 2.14. The standard InChI is InChI=1S/C17H17BrClNO/c1-12(15-5-3-4-6-16(15)19)20(2)11-17(21)13-7-9-14(18)10-8-13/h3-10,12H,11H2,1-2H3. The average Bonchev–Trinajstić information content (AvgIpc) is 2.47. The normalized spacial score (nSPS) is 12.4. The van der Waals surface area contributed by atoms with Crippen LogP contribution in [0.4, 0.5) is 0 Å². The van der Waals surface area contributed by atoms with E-state index in [2.05, 4.69) is 22.9 Å². The topological polar surface area (TPSA) is 20.3 Å². The van der Waals surface area contributed by atoms with E-state index in [9.17, 15) is 4.79 Å². The van der Waals surface area contributed by atoms with Gasteiger partial charge in [0.1, 0.15) is 0 Å².